The van der Waals surface area contributed by atoms with E-state index in [2.05, 4.69) is 33.5 Å². The number of rotatable bonds is 9. The molecule has 0 radical (unpaired) electrons. The summed E-state index contributed by atoms with van der Waals surface area (Å²) in [6.45, 7) is 7.26. The number of aliphatic imine (C=N–C) groups is 1. The fraction of sp³-hybridized carbons (Fsp3) is 0.455. The molecule has 0 bridgehead atoms. The van der Waals surface area contributed by atoms with Gasteiger partial charge in [-0.15, -0.1) is 24.0 Å². The van der Waals surface area contributed by atoms with Crippen molar-refractivity contribution < 1.29 is 4.74 Å². The molecule has 6 nitrogen and oxygen atoms in total. The summed E-state index contributed by atoms with van der Waals surface area (Å²) >= 11 is 0. The average Bonchev–Trinajstić information content (AvgIpc) is 3.28. The quantitative estimate of drug-likeness (QED) is 0.233. The van der Waals surface area contributed by atoms with Crippen LogP contribution in [0.4, 0.5) is 5.82 Å². The second-order valence-electron chi connectivity index (χ2n) is 6.85. The summed E-state index contributed by atoms with van der Waals surface area (Å²) in [5.74, 6) is 2.82. The Morgan fingerprint density at radius 2 is 1.93 bits per heavy atom. The molecule has 0 saturated carbocycles. The van der Waals surface area contributed by atoms with Crippen LogP contribution in [0, 0.1) is 0 Å². The number of guanidine groups is 1. The molecule has 0 spiro atoms. The normalized spacial score (nSPS) is 13.7. The van der Waals surface area contributed by atoms with Gasteiger partial charge in [0.2, 0.25) is 0 Å². The number of nitrogens with one attached hydrogen (secondary N) is 2. The van der Waals surface area contributed by atoms with E-state index in [-0.39, 0.29) is 24.0 Å². The minimum Gasteiger partial charge on any atom is -0.494 e. The predicted octanol–water partition coefficient (Wildman–Crippen LogP) is 3.82. The number of anilines is 1. The van der Waals surface area contributed by atoms with Crippen LogP contribution in [0.1, 0.15) is 31.7 Å². The minimum atomic E-state index is 0. The minimum absolute atomic E-state index is 0. The molecule has 0 atom stereocenters. The van der Waals surface area contributed by atoms with Crippen molar-refractivity contribution in [3.8, 4) is 5.75 Å². The molecular weight excluding hydrogens is 477 g/mol. The smallest absolute Gasteiger partial charge is 0.191 e. The van der Waals surface area contributed by atoms with Crippen molar-refractivity contribution in [1.82, 2.24) is 15.6 Å². The highest BCUT2D eigenvalue weighted by Crippen LogP contribution is 2.18. The first kappa shape index (κ1) is 23.3. The number of ether oxygens (including phenoxy) is 1. The summed E-state index contributed by atoms with van der Waals surface area (Å²) in [7, 11) is 0. The SMILES string of the molecule is CCNC(=NCc1ccnc(N2CCCC2)c1)NCCCOc1ccccc1.I. The van der Waals surface area contributed by atoms with Crippen LogP contribution in [0.25, 0.3) is 0 Å². The topological polar surface area (TPSA) is 61.8 Å². The molecule has 1 aliphatic heterocycles. The maximum atomic E-state index is 5.73. The number of hydrogen-bond acceptors (Lipinski definition) is 4. The predicted molar refractivity (Wildman–Crippen MR) is 130 cm³/mol. The van der Waals surface area contributed by atoms with Crippen LogP contribution in [0.15, 0.2) is 53.7 Å². The fourth-order valence-electron chi connectivity index (χ4n) is 3.18. The molecule has 29 heavy (non-hydrogen) atoms. The lowest BCUT2D eigenvalue weighted by Crippen LogP contribution is -2.38. The first-order chi connectivity index (χ1) is 13.8. The van der Waals surface area contributed by atoms with E-state index < -0.39 is 0 Å². The van der Waals surface area contributed by atoms with Crippen LogP contribution in [-0.2, 0) is 6.54 Å². The Labute approximate surface area is 191 Å². The molecule has 2 N–H and O–H groups in total. The van der Waals surface area contributed by atoms with Gasteiger partial charge < -0.3 is 20.3 Å². The van der Waals surface area contributed by atoms with Gasteiger partial charge in [-0.3, -0.25) is 0 Å². The molecule has 158 valence electrons. The van der Waals surface area contributed by atoms with E-state index in [9.17, 15) is 0 Å². The van der Waals surface area contributed by atoms with Crippen LogP contribution in [0.2, 0.25) is 0 Å². The largest absolute Gasteiger partial charge is 0.494 e. The van der Waals surface area contributed by atoms with Gasteiger partial charge in [-0.2, -0.15) is 0 Å². The highest BCUT2D eigenvalue weighted by atomic mass is 127. The maximum Gasteiger partial charge on any atom is 0.191 e. The van der Waals surface area contributed by atoms with Gasteiger partial charge in [0.1, 0.15) is 11.6 Å². The second kappa shape index (κ2) is 13.2. The van der Waals surface area contributed by atoms with Gasteiger partial charge in [0, 0.05) is 32.4 Å². The summed E-state index contributed by atoms with van der Waals surface area (Å²) in [4.78, 5) is 11.6. The summed E-state index contributed by atoms with van der Waals surface area (Å²) in [6.07, 6.45) is 5.31. The Morgan fingerprint density at radius 3 is 2.69 bits per heavy atom. The van der Waals surface area contributed by atoms with E-state index in [4.69, 9.17) is 9.73 Å². The lowest BCUT2D eigenvalue weighted by molar-refractivity contribution is 0.311. The highest BCUT2D eigenvalue weighted by molar-refractivity contribution is 14.0. The fourth-order valence-corrected chi connectivity index (χ4v) is 3.18. The summed E-state index contributed by atoms with van der Waals surface area (Å²) in [5, 5.41) is 6.68. The number of halogens is 1. The molecule has 2 heterocycles. The van der Waals surface area contributed by atoms with Crippen LogP contribution in [0.5, 0.6) is 5.75 Å². The molecule has 7 heteroatoms. The highest BCUT2D eigenvalue weighted by Gasteiger charge is 2.13. The van der Waals surface area contributed by atoms with Crippen molar-refractivity contribution in [2.75, 3.05) is 37.7 Å². The summed E-state index contributed by atoms with van der Waals surface area (Å²) < 4.78 is 5.73. The third-order valence-corrected chi connectivity index (χ3v) is 4.63. The number of nitrogens with zero attached hydrogens (tertiary/aromatic N) is 3. The monoisotopic (exact) mass is 509 g/mol. The van der Waals surface area contributed by atoms with Gasteiger partial charge in [0.25, 0.3) is 0 Å². The molecule has 0 unspecified atom stereocenters. The zero-order chi connectivity index (χ0) is 19.4. The van der Waals surface area contributed by atoms with Crippen LogP contribution >= 0.6 is 24.0 Å². The van der Waals surface area contributed by atoms with E-state index in [1.54, 1.807) is 0 Å². The Kier molecular flexibility index (Phi) is 10.6. The number of pyridine rings is 1. The maximum absolute atomic E-state index is 5.73. The van der Waals surface area contributed by atoms with E-state index in [1.165, 1.54) is 18.4 Å². The standard InChI is InChI=1S/C22H31N5O.HI/c1-2-23-22(25-12-8-16-28-20-9-4-3-5-10-20)26-18-19-11-13-24-21(17-19)27-14-6-7-15-27;/h3-5,9-11,13,17H,2,6-8,12,14-16,18H2,1H3,(H2,23,25,26);1H. The summed E-state index contributed by atoms with van der Waals surface area (Å²) in [5.41, 5.74) is 1.18. The first-order valence-electron chi connectivity index (χ1n) is 10.2. The van der Waals surface area contributed by atoms with Crippen molar-refractivity contribution in [2.45, 2.75) is 32.7 Å². The third kappa shape index (κ3) is 8.08. The van der Waals surface area contributed by atoms with Crippen LogP contribution < -0.4 is 20.3 Å². The van der Waals surface area contributed by atoms with Crippen molar-refractivity contribution in [3.63, 3.8) is 0 Å². The van der Waals surface area contributed by atoms with Gasteiger partial charge >= 0.3 is 0 Å². The Hall–Kier alpha value is -2.03. The van der Waals surface area contributed by atoms with Crippen molar-refractivity contribution >= 4 is 35.8 Å². The lowest BCUT2D eigenvalue weighted by atomic mass is 10.2. The van der Waals surface area contributed by atoms with E-state index >= 15 is 0 Å². The van der Waals surface area contributed by atoms with Gasteiger partial charge in [-0.25, -0.2) is 9.98 Å². The molecule has 1 fully saturated rings. The summed E-state index contributed by atoms with van der Waals surface area (Å²) in [6, 6.07) is 14.1. The number of aromatic nitrogens is 1. The molecule has 1 aliphatic rings. The van der Waals surface area contributed by atoms with E-state index in [0.717, 1.165) is 50.1 Å². The second-order valence-corrected chi connectivity index (χ2v) is 6.85. The molecule has 2 aromatic rings. The van der Waals surface area contributed by atoms with E-state index in [1.807, 2.05) is 42.6 Å². The van der Waals surface area contributed by atoms with Crippen LogP contribution in [-0.4, -0.2) is 43.7 Å². The molecule has 0 aliphatic carbocycles. The average molecular weight is 509 g/mol. The molecule has 0 amide bonds. The van der Waals surface area contributed by atoms with Crippen LogP contribution in [0.3, 0.4) is 0 Å². The first-order valence-corrected chi connectivity index (χ1v) is 10.2. The number of hydrogen-bond donors (Lipinski definition) is 2. The van der Waals surface area contributed by atoms with Crippen molar-refractivity contribution in [3.05, 3.63) is 54.2 Å². The number of benzene rings is 1. The Morgan fingerprint density at radius 1 is 1.14 bits per heavy atom. The van der Waals surface area contributed by atoms with Gasteiger partial charge in [0.05, 0.1) is 13.2 Å². The third-order valence-electron chi connectivity index (χ3n) is 4.63. The van der Waals surface area contributed by atoms with Crippen molar-refractivity contribution in [2.24, 2.45) is 4.99 Å². The van der Waals surface area contributed by atoms with Gasteiger partial charge in [0.15, 0.2) is 5.96 Å². The molecule has 1 saturated heterocycles. The van der Waals surface area contributed by atoms with Gasteiger partial charge in [-0.05, 0) is 56.0 Å². The lowest BCUT2D eigenvalue weighted by Gasteiger charge is -2.16. The molecule has 3 rings (SSSR count). The zero-order valence-electron chi connectivity index (χ0n) is 17.1. The number of para-hydroxylation sites is 1. The van der Waals surface area contributed by atoms with Crippen molar-refractivity contribution in [1.29, 1.82) is 0 Å². The zero-order valence-corrected chi connectivity index (χ0v) is 19.5. The van der Waals surface area contributed by atoms with E-state index in [0.29, 0.717) is 13.2 Å². The Bertz CT molecular complexity index is 735. The molecule has 1 aromatic carbocycles. The molecule has 1 aromatic heterocycles. The molecular formula is C22H32IN5O. The van der Waals surface area contributed by atoms with Gasteiger partial charge in [-0.1, -0.05) is 18.2 Å². The Balaban J connectivity index is 0.00000300.